The van der Waals surface area contributed by atoms with Crippen LogP contribution in [-0.2, 0) is 0 Å². The topological polar surface area (TPSA) is 13.1 Å². The highest BCUT2D eigenvalue weighted by Crippen LogP contribution is 2.46. The molecular formula is C46H28O. The van der Waals surface area contributed by atoms with Gasteiger partial charge in [-0.2, -0.15) is 0 Å². The fourth-order valence-corrected chi connectivity index (χ4v) is 6.77. The van der Waals surface area contributed by atoms with E-state index in [1.54, 1.807) is 24.3 Å². The Morgan fingerprint density at radius 3 is 1.79 bits per heavy atom. The summed E-state index contributed by atoms with van der Waals surface area (Å²) in [5.41, 5.74) is 2.55. The lowest BCUT2D eigenvalue weighted by Crippen LogP contribution is -1.91. The molecule has 0 N–H and O–H groups in total. The van der Waals surface area contributed by atoms with Crippen LogP contribution in [0, 0.1) is 0 Å². The Hall–Kier alpha value is -6.18. The highest BCUT2D eigenvalue weighted by atomic mass is 16.3. The van der Waals surface area contributed by atoms with E-state index in [-0.39, 0.29) is 32.7 Å². The van der Waals surface area contributed by atoms with E-state index in [9.17, 15) is 6.85 Å². The molecule has 0 saturated heterocycles. The predicted molar refractivity (Wildman–Crippen MR) is 200 cm³/mol. The molecule has 10 rings (SSSR count). The van der Waals surface area contributed by atoms with Gasteiger partial charge in [-0.1, -0.05) is 157 Å². The highest BCUT2D eigenvalue weighted by Gasteiger charge is 2.19. The first kappa shape index (κ1) is 15.4. The number of hydrogen-bond acceptors (Lipinski definition) is 1. The van der Waals surface area contributed by atoms with Crippen LogP contribution in [-0.4, -0.2) is 0 Å². The maximum Gasteiger partial charge on any atom is 0.143 e. The SMILES string of the molecule is [2H]c1c([2H])c([2H])c2c(-c3c4c([2H])c([2H])c([2H])c([2H])c4c(-c4ccc(-c5cccc6oc7c8ccccc8ccc7c56)cc4)c4c([2H])c([2H])c([2H])c([2H])c34)c([2H])c([2H])c([2H])c2c1[2H]. The first-order valence-electron chi connectivity index (χ1n) is 22.5. The lowest BCUT2D eigenvalue weighted by molar-refractivity contribution is 0.673. The third-order valence-corrected chi connectivity index (χ3v) is 8.81. The standard InChI is InChI=1S/C46H28O/c1-3-14-33-29(11-1)13-9-21-36(33)44-39-18-7-5-16-37(39)43(38-17-6-8-19-40(38)44)32-25-23-31(24-26-32)34-20-10-22-42-45(34)41-28-27-30-12-2-4-15-35(30)46(41)47-42/h1-28H/i1D,3D,5D,6D,7D,8D,9D,11D,13D,14D,16D,17D,18D,19D,21D. The summed E-state index contributed by atoms with van der Waals surface area (Å²) >= 11 is 0. The van der Waals surface area contributed by atoms with Crippen LogP contribution in [0.1, 0.15) is 20.6 Å². The van der Waals surface area contributed by atoms with Gasteiger partial charge in [-0.3, -0.25) is 0 Å². The smallest absolute Gasteiger partial charge is 0.143 e. The van der Waals surface area contributed by atoms with E-state index in [0.717, 1.165) is 38.3 Å². The molecule has 0 atom stereocenters. The van der Waals surface area contributed by atoms with Crippen molar-refractivity contribution in [1.82, 2.24) is 0 Å². The normalized spacial score (nSPS) is 16.3. The van der Waals surface area contributed by atoms with Crippen LogP contribution in [0.25, 0.3) is 98.4 Å². The van der Waals surface area contributed by atoms with Crippen molar-refractivity contribution in [2.24, 2.45) is 0 Å². The molecule has 0 aliphatic rings. The molecule has 1 nitrogen and oxygen atoms in total. The molecule has 1 heterocycles. The zero-order valence-corrected chi connectivity index (χ0v) is 24.4. The molecule has 0 aliphatic heterocycles. The quantitative estimate of drug-likeness (QED) is 0.181. The summed E-state index contributed by atoms with van der Waals surface area (Å²) in [6.45, 7) is 0. The molecule has 10 aromatic rings. The third kappa shape index (κ3) is 3.90. The molecule has 0 unspecified atom stereocenters. The highest BCUT2D eigenvalue weighted by molar-refractivity contribution is 6.24. The summed E-state index contributed by atoms with van der Waals surface area (Å²) < 4.78 is 140. The van der Waals surface area contributed by atoms with Gasteiger partial charge in [0.05, 0.1) is 20.6 Å². The predicted octanol–water partition coefficient (Wildman–Crippen LogP) is 13.2. The molecule has 0 fully saturated rings. The molecule has 9 aromatic carbocycles. The first-order chi connectivity index (χ1) is 29.6. The van der Waals surface area contributed by atoms with Gasteiger partial charge in [0.1, 0.15) is 11.2 Å². The van der Waals surface area contributed by atoms with Crippen LogP contribution in [0.3, 0.4) is 0 Å². The van der Waals surface area contributed by atoms with Gasteiger partial charge >= 0.3 is 0 Å². The van der Waals surface area contributed by atoms with Crippen LogP contribution >= 0.6 is 0 Å². The van der Waals surface area contributed by atoms with Gasteiger partial charge in [-0.05, 0) is 83.2 Å². The zero-order chi connectivity index (χ0) is 44.0. The summed E-state index contributed by atoms with van der Waals surface area (Å²) in [6, 6.07) is 14.5. The van der Waals surface area contributed by atoms with Gasteiger partial charge in [-0.15, -0.1) is 0 Å². The number of benzene rings is 9. The molecule has 218 valence electrons. The van der Waals surface area contributed by atoms with Crippen molar-refractivity contribution in [3.63, 3.8) is 0 Å². The number of furan rings is 1. The van der Waals surface area contributed by atoms with Crippen LogP contribution in [0.2, 0.25) is 0 Å². The van der Waals surface area contributed by atoms with Gasteiger partial charge in [0, 0.05) is 16.2 Å². The van der Waals surface area contributed by atoms with Crippen molar-refractivity contribution < 1.29 is 25.0 Å². The lowest BCUT2D eigenvalue weighted by atomic mass is 9.84. The van der Waals surface area contributed by atoms with Crippen LogP contribution in [0.15, 0.2) is 174 Å². The first-order valence-corrected chi connectivity index (χ1v) is 15.0. The Morgan fingerprint density at radius 1 is 0.383 bits per heavy atom. The lowest BCUT2D eigenvalue weighted by Gasteiger charge is -2.19. The van der Waals surface area contributed by atoms with E-state index < -0.39 is 107 Å². The Kier molecular flexibility index (Phi) is 3.33. The van der Waals surface area contributed by atoms with E-state index in [1.807, 2.05) is 54.6 Å². The third-order valence-electron chi connectivity index (χ3n) is 8.81. The van der Waals surface area contributed by atoms with Crippen molar-refractivity contribution in [2.75, 3.05) is 0 Å². The molecule has 0 spiro atoms. The van der Waals surface area contributed by atoms with E-state index in [1.165, 1.54) is 0 Å². The maximum absolute atomic E-state index is 9.36. The Balaban J connectivity index is 1.36. The van der Waals surface area contributed by atoms with E-state index in [0.29, 0.717) is 11.1 Å². The average molecular weight is 612 g/mol. The van der Waals surface area contributed by atoms with E-state index >= 15 is 0 Å². The number of rotatable bonds is 3. The van der Waals surface area contributed by atoms with Crippen LogP contribution < -0.4 is 0 Å². The molecule has 0 amide bonds. The number of hydrogen-bond donors (Lipinski definition) is 0. The van der Waals surface area contributed by atoms with Gasteiger partial charge in [0.15, 0.2) is 0 Å². The Labute approximate surface area is 293 Å². The van der Waals surface area contributed by atoms with Gasteiger partial charge in [0.2, 0.25) is 0 Å². The molecule has 0 radical (unpaired) electrons. The van der Waals surface area contributed by atoms with E-state index in [2.05, 4.69) is 0 Å². The Bertz CT molecular complexity index is 3600. The Morgan fingerprint density at radius 2 is 1.02 bits per heavy atom. The largest absolute Gasteiger partial charge is 0.455 e. The fraction of sp³-hybridized carbons (Fsp3) is 0. The monoisotopic (exact) mass is 611 g/mol. The second-order valence-corrected chi connectivity index (χ2v) is 11.3. The van der Waals surface area contributed by atoms with Gasteiger partial charge in [0.25, 0.3) is 0 Å². The van der Waals surface area contributed by atoms with Crippen molar-refractivity contribution in [3.05, 3.63) is 169 Å². The molecule has 0 bridgehead atoms. The minimum atomic E-state index is -0.756. The fourth-order valence-electron chi connectivity index (χ4n) is 6.77. The second kappa shape index (κ2) is 10.2. The van der Waals surface area contributed by atoms with Crippen molar-refractivity contribution in [3.8, 4) is 33.4 Å². The molecular weight excluding hydrogens is 569 g/mol. The zero-order valence-electron chi connectivity index (χ0n) is 39.4. The maximum atomic E-state index is 9.36. The summed E-state index contributed by atoms with van der Waals surface area (Å²) in [5, 5.41) is 1.96. The molecule has 0 aliphatic carbocycles. The second-order valence-electron chi connectivity index (χ2n) is 11.3. The molecule has 1 aromatic heterocycles. The molecule has 47 heavy (non-hydrogen) atoms. The minimum absolute atomic E-state index is 0.0312. The number of fused-ring (bicyclic) bond motifs is 8. The van der Waals surface area contributed by atoms with Crippen LogP contribution in [0.4, 0.5) is 0 Å². The van der Waals surface area contributed by atoms with Crippen molar-refractivity contribution in [2.45, 2.75) is 0 Å². The van der Waals surface area contributed by atoms with Gasteiger partial charge in [-0.25, -0.2) is 0 Å². The van der Waals surface area contributed by atoms with Gasteiger partial charge < -0.3 is 4.42 Å². The summed E-state index contributed by atoms with van der Waals surface area (Å²) in [6.07, 6.45) is 0. The average Bonchev–Trinajstić information content (AvgIpc) is 3.68. The van der Waals surface area contributed by atoms with E-state index in [4.69, 9.17) is 18.1 Å². The molecule has 0 saturated carbocycles. The van der Waals surface area contributed by atoms with Crippen molar-refractivity contribution >= 4 is 65.0 Å². The van der Waals surface area contributed by atoms with Crippen LogP contribution in [0.5, 0.6) is 0 Å². The summed E-state index contributed by atoms with van der Waals surface area (Å²) in [5.74, 6) is 0. The minimum Gasteiger partial charge on any atom is -0.455 e. The molecule has 1 heteroatoms. The van der Waals surface area contributed by atoms with Crippen molar-refractivity contribution in [1.29, 1.82) is 0 Å². The summed E-state index contributed by atoms with van der Waals surface area (Å²) in [7, 11) is 0. The summed E-state index contributed by atoms with van der Waals surface area (Å²) in [4.78, 5) is 0.